The van der Waals surface area contributed by atoms with Crippen molar-refractivity contribution in [1.29, 1.82) is 0 Å². The lowest BCUT2D eigenvalue weighted by Crippen LogP contribution is -2.27. The van der Waals surface area contributed by atoms with Crippen LogP contribution in [0.25, 0.3) is 0 Å². The van der Waals surface area contributed by atoms with Crippen LogP contribution in [0, 0.1) is 5.92 Å². The van der Waals surface area contributed by atoms with Crippen molar-refractivity contribution >= 4 is 28.9 Å². The molecule has 1 aliphatic rings. The summed E-state index contributed by atoms with van der Waals surface area (Å²) in [5.41, 5.74) is 4.50. The minimum absolute atomic E-state index is 0.154. The van der Waals surface area contributed by atoms with Crippen molar-refractivity contribution in [3.05, 3.63) is 29.3 Å². The normalized spacial score (nSPS) is 20.1. The molecule has 0 aromatic heterocycles. The highest BCUT2D eigenvalue weighted by Gasteiger charge is 2.20. The number of rotatable bonds is 5. The lowest BCUT2D eigenvalue weighted by atomic mass is 10.0. The minimum Gasteiger partial charge on any atom is -0.375 e. The Kier molecular flexibility index (Phi) is 5.41. The summed E-state index contributed by atoms with van der Waals surface area (Å²) >= 11 is 6.00. The molecule has 108 valence electrons. The fourth-order valence-corrected chi connectivity index (χ4v) is 2.64. The van der Waals surface area contributed by atoms with Gasteiger partial charge in [0.05, 0.1) is 17.3 Å². The zero-order valence-electron chi connectivity index (χ0n) is 11.7. The average molecular weight is 294 g/mol. The number of benzene rings is 1. The number of nitrogens with zero attached hydrogens (tertiary/aromatic N) is 1. The predicted molar refractivity (Wildman–Crippen MR) is 83.2 cm³/mol. The van der Waals surface area contributed by atoms with E-state index in [0.29, 0.717) is 10.9 Å². The van der Waals surface area contributed by atoms with Crippen LogP contribution in [0.4, 0.5) is 5.69 Å². The Labute approximate surface area is 124 Å². The van der Waals surface area contributed by atoms with E-state index in [2.05, 4.69) is 22.8 Å². The highest BCUT2D eigenvalue weighted by molar-refractivity contribution is 6.33. The maximum absolute atomic E-state index is 11.8. The number of carbonyl (C=O) groups excluding carboxylic acids is 1. The Morgan fingerprint density at radius 1 is 1.45 bits per heavy atom. The molecule has 1 fully saturated rings. The molecule has 1 unspecified atom stereocenters. The third-order valence-electron chi connectivity index (χ3n) is 3.59. The summed E-state index contributed by atoms with van der Waals surface area (Å²) in [5, 5.41) is 7.86. The lowest BCUT2D eigenvalue weighted by molar-refractivity contribution is -0.119. The van der Waals surface area contributed by atoms with E-state index in [0.717, 1.165) is 24.2 Å². The van der Waals surface area contributed by atoms with Crippen LogP contribution < -0.4 is 10.7 Å². The first-order chi connectivity index (χ1) is 9.70. The van der Waals surface area contributed by atoms with Crippen LogP contribution in [0.15, 0.2) is 29.4 Å². The molecular weight excluding hydrogens is 274 g/mol. The van der Waals surface area contributed by atoms with Gasteiger partial charge in [-0.25, -0.2) is 5.43 Å². The van der Waals surface area contributed by atoms with Gasteiger partial charge in [0, 0.05) is 5.71 Å². The van der Waals surface area contributed by atoms with Crippen LogP contribution in [0.1, 0.15) is 32.6 Å². The van der Waals surface area contributed by atoms with E-state index in [9.17, 15) is 4.79 Å². The molecule has 0 radical (unpaired) electrons. The summed E-state index contributed by atoms with van der Waals surface area (Å²) in [6, 6.07) is 7.35. The molecule has 5 heteroatoms. The summed E-state index contributed by atoms with van der Waals surface area (Å²) in [6.07, 6.45) is 4.44. The number of hydrazone groups is 1. The van der Waals surface area contributed by atoms with Gasteiger partial charge in [0.15, 0.2) is 0 Å². The maximum atomic E-state index is 11.8. The Balaban J connectivity index is 1.81. The fourth-order valence-electron chi connectivity index (χ4n) is 2.44. The molecule has 1 atom stereocenters. The van der Waals surface area contributed by atoms with E-state index >= 15 is 0 Å². The lowest BCUT2D eigenvalue weighted by Gasteiger charge is -2.09. The number of halogens is 1. The summed E-state index contributed by atoms with van der Waals surface area (Å²) < 4.78 is 0. The topological polar surface area (TPSA) is 53.5 Å². The van der Waals surface area contributed by atoms with Crippen molar-refractivity contribution in [1.82, 2.24) is 5.43 Å². The predicted octanol–water partition coefficient (Wildman–Crippen LogP) is 3.43. The second kappa shape index (κ2) is 7.29. The number of hydrogen-bond donors (Lipinski definition) is 2. The van der Waals surface area contributed by atoms with E-state index in [1.165, 1.54) is 12.8 Å². The molecule has 0 heterocycles. The van der Waals surface area contributed by atoms with Crippen molar-refractivity contribution in [2.45, 2.75) is 32.6 Å². The van der Waals surface area contributed by atoms with E-state index in [1.807, 2.05) is 18.2 Å². The van der Waals surface area contributed by atoms with Crippen LogP contribution >= 0.6 is 11.6 Å². The molecule has 1 aliphatic carbocycles. The Morgan fingerprint density at radius 2 is 2.25 bits per heavy atom. The van der Waals surface area contributed by atoms with Gasteiger partial charge in [0.25, 0.3) is 5.91 Å². The summed E-state index contributed by atoms with van der Waals surface area (Å²) in [4.78, 5) is 11.8. The molecule has 0 aliphatic heterocycles. The molecule has 0 spiro atoms. The van der Waals surface area contributed by atoms with E-state index in [4.69, 9.17) is 11.6 Å². The van der Waals surface area contributed by atoms with Crippen LogP contribution in [-0.2, 0) is 4.79 Å². The molecule has 0 bridgehead atoms. The number of hydrogen-bond acceptors (Lipinski definition) is 3. The molecule has 2 rings (SSSR count). The highest BCUT2D eigenvalue weighted by atomic mass is 35.5. The smallest absolute Gasteiger partial charge is 0.259 e. The maximum Gasteiger partial charge on any atom is 0.259 e. The van der Waals surface area contributed by atoms with Gasteiger partial charge < -0.3 is 5.32 Å². The molecule has 2 N–H and O–H groups in total. The van der Waals surface area contributed by atoms with Gasteiger partial charge in [-0.3, -0.25) is 4.79 Å². The second-order valence-corrected chi connectivity index (χ2v) is 5.38. The van der Waals surface area contributed by atoms with E-state index < -0.39 is 0 Å². The fraction of sp³-hybridized carbons (Fsp3) is 0.467. The SMILES string of the molecule is CCC1CCCC1=NNC(=O)CNc1ccccc1Cl. The Bertz CT molecular complexity index is 502. The second-order valence-electron chi connectivity index (χ2n) is 4.97. The van der Waals surface area contributed by atoms with Gasteiger partial charge in [-0.2, -0.15) is 5.10 Å². The molecule has 1 saturated carbocycles. The average Bonchev–Trinajstić information content (AvgIpc) is 2.91. The third kappa shape index (κ3) is 3.97. The quantitative estimate of drug-likeness (QED) is 0.817. The zero-order chi connectivity index (χ0) is 14.4. The first kappa shape index (κ1) is 14.9. The van der Waals surface area contributed by atoms with Crippen molar-refractivity contribution < 1.29 is 4.79 Å². The summed E-state index contributed by atoms with van der Waals surface area (Å²) in [5.74, 6) is 0.381. The number of carbonyl (C=O) groups is 1. The summed E-state index contributed by atoms with van der Waals surface area (Å²) in [6.45, 7) is 2.32. The molecule has 0 saturated heterocycles. The number of para-hydroxylation sites is 1. The zero-order valence-corrected chi connectivity index (χ0v) is 12.4. The number of anilines is 1. The monoisotopic (exact) mass is 293 g/mol. The van der Waals surface area contributed by atoms with E-state index in [-0.39, 0.29) is 12.5 Å². The van der Waals surface area contributed by atoms with Crippen LogP contribution in [-0.4, -0.2) is 18.2 Å². The van der Waals surface area contributed by atoms with Crippen LogP contribution in [0.2, 0.25) is 5.02 Å². The van der Waals surface area contributed by atoms with Gasteiger partial charge in [-0.1, -0.05) is 30.7 Å². The van der Waals surface area contributed by atoms with E-state index in [1.54, 1.807) is 6.07 Å². The van der Waals surface area contributed by atoms with Crippen LogP contribution in [0.5, 0.6) is 0 Å². The molecule has 20 heavy (non-hydrogen) atoms. The van der Waals surface area contributed by atoms with Gasteiger partial charge >= 0.3 is 0 Å². The summed E-state index contributed by atoms with van der Waals surface area (Å²) in [7, 11) is 0. The standard InChI is InChI=1S/C15H20ClN3O/c1-2-11-6-5-9-13(11)18-19-15(20)10-17-14-8-4-3-7-12(14)16/h3-4,7-8,11,17H,2,5-6,9-10H2,1H3,(H,19,20). The van der Waals surface area contributed by atoms with Crippen molar-refractivity contribution in [2.75, 3.05) is 11.9 Å². The first-order valence-corrected chi connectivity index (χ1v) is 7.42. The Morgan fingerprint density at radius 3 is 3.00 bits per heavy atom. The Hall–Kier alpha value is -1.55. The molecule has 1 aromatic carbocycles. The van der Waals surface area contributed by atoms with Crippen LogP contribution in [0.3, 0.4) is 0 Å². The van der Waals surface area contributed by atoms with Gasteiger partial charge in [-0.05, 0) is 43.7 Å². The van der Waals surface area contributed by atoms with Gasteiger partial charge in [0.2, 0.25) is 0 Å². The van der Waals surface area contributed by atoms with Gasteiger partial charge in [-0.15, -0.1) is 0 Å². The molecule has 1 aromatic rings. The first-order valence-electron chi connectivity index (χ1n) is 7.04. The van der Waals surface area contributed by atoms with Gasteiger partial charge in [0.1, 0.15) is 0 Å². The highest BCUT2D eigenvalue weighted by Crippen LogP contribution is 2.24. The molecular formula is C15H20ClN3O. The van der Waals surface area contributed by atoms with Crippen molar-refractivity contribution in [2.24, 2.45) is 11.0 Å². The minimum atomic E-state index is -0.154. The molecule has 4 nitrogen and oxygen atoms in total. The van der Waals surface area contributed by atoms with Crippen molar-refractivity contribution in [3.8, 4) is 0 Å². The third-order valence-corrected chi connectivity index (χ3v) is 3.92. The van der Waals surface area contributed by atoms with Crippen molar-refractivity contribution in [3.63, 3.8) is 0 Å². The number of amides is 1. The number of nitrogens with one attached hydrogen (secondary N) is 2. The molecule has 1 amide bonds. The largest absolute Gasteiger partial charge is 0.375 e.